The van der Waals surface area contributed by atoms with Crippen LogP contribution in [0.2, 0.25) is 0 Å². The molecular weight excluding hydrogens is 256 g/mol. The lowest BCUT2D eigenvalue weighted by Gasteiger charge is -2.19. The van der Waals surface area contributed by atoms with Crippen molar-refractivity contribution in [2.45, 2.75) is 27.2 Å². The summed E-state index contributed by atoms with van der Waals surface area (Å²) in [6.45, 7) is 10.2. The molecule has 0 aliphatic rings. The number of methoxy groups -OCH3 is 1. The standard InChI is InChI=1S/C13H26N6O/c1-5-8-14-11-16-12(15-9-10-20-4)18-13(17-11)19(6-2)7-3/h5-10H2,1-4H3,(H2,14,15,16,17,18). The number of hydrogen-bond acceptors (Lipinski definition) is 7. The van der Waals surface area contributed by atoms with Gasteiger partial charge in [0.15, 0.2) is 0 Å². The van der Waals surface area contributed by atoms with Gasteiger partial charge in [-0.2, -0.15) is 15.0 Å². The molecule has 0 spiro atoms. The fourth-order valence-corrected chi connectivity index (χ4v) is 1.67. The Morgan fingerprint density at radius 1 is 0.950 bits per heavy atom. The maximum atomic E-state index is 5.02. The Bertz CT molecular complexity index is 383. The number of nitrogens with zero attached hydrogens (tertiary/aromatic N) is 4. The summed E-state index contributed by atoms with van der Waals surface area (Å²) >= 11 is 0. The first-order valence-electron chi connectivity index (χ1n) is 7.22. The highest BCUT2D eigenvalue weighted by Crippen LogP contribution is 2.13. The topological polar surface area (TPSA) is 75.2 Å². The van der Waals surface area contributed by atoms with Gasteiger partial charge in [0.1, 0.15) is 0 Å². The first-order valence-corrected chi connectivity index (χ1v) is 7.22. The average molecular weight is 282 g/mol. The Balaban J connectivity index is 2.88. The first kappa shape index (κ1) is 16.4. The predicted molar refractivity (Wildman–Crippen MR) is 82.5 cm³/mol. The Morgan fingerprint density at radius 3 is 2.05 bits per heavy atom. The highest BCUT2D eigenvalue weighted by Gasteiger charge is 2.10. The molecule has 1 rings (SSSR count). The minimum Gasteiger partial charge on any atom is -0.383 e. The monoisotopic (exact) mass is 282 g/mol. The molecule has 0 bridgehead atoms. The second-order valence-electron chi connectivity index (χ2n) is 4.30. The van der Waals surface area contributed by atoms with Gasteiger partial charge < -0.3 is 20.3 Å². The van der Waals surface area contributed by atoms with Crippen molar-refractivity contribution < 1.29 is 4.74 Å². The van der Waals surface area contributed by atoms with Crippen molar-refractivity contribution >= 4 is 17.8 Å². The van der Waals surface area contributed by atoms with E-state index < -0.39 is 0 Å². The Hall–Kier alpha value is -1.63. The van der Waals surface area contributed by atoms with Gasteiger partial charge in [0, 0.05) is 33.3 Å². The summed E-state index contributed by atoms with van der Waals surface area (Å²) in [7, 11) is 1.67. The predicted octanol–water partition coefficient (Wildman–Crippen LogP) is 1.60. The van der Waals surface area contributed by atoms with Gasteiger partial charge in [0.2, 0.25) is 17.8 Å². The molecular formula is C13H26N6O. The second kappa shape index (κ2) is 9.30. The van der Waals surface area contributed by atoms with E-state index in [9.17, 15) is 0 Å². The lowest BCUT2D eigenvalue weighted by molar-refractivity contribution is 0.210. The van der Waals surface area contributed by atoms with Crippen LogP contribution >= 0.6 is 0 Å². The van der Waals surface area contributed by atoms with Crippen LogP contribution in [0.5, 0.6) is 0 Å². The van der Waals surface area contributed by atoms with Crippen LogP contribution in [-0.2, 0) is 4.74 Å². The number of hydrogen-bond donors (Lipinski definition) is 2. The van der Waals surface area contributed by atoms with Gasteiger partial charge in [-0.3, -0.25) is 0 Å². The van der Waals surface area contributed by atoms with Crippen molar-refractivity contribution in [3.05, 3.63) is 0 Å². The molecule has 2 N–H and O–H groups in total. The van der Waals surface area contributed by atoms with Crippen molar-refractivity contribution in [2.24, 2.45) is 0 Å². The Labute approximate surface area is 121 Å². The molecule has 0 aromatic carbocycles. The van der Waals surface area contributed by atoms with Gasteiger partial charge in [-0.05, 0) is 20.3 Å². The van der Waals surface area contributed by atoms with Gasteiger partial charge in [0.05, 0.1) is 6.61 Å². The van der Waals surface area contributed by atoms with Crippen molar-refractivity contribution in [1.82, 2.24) is 15.0 Å². The fraction of sp³-hybridized carbons (Fsp3) is 0.769. The summed E-state index contributed by atoms with van der Waals surface area (Å²) < 4.78 is 5.02. The molecule has 1 aromatic rings. The zero-order valence-corrected chi connectivity index (χ0v) is 12.9. The largest absolute Gasteiger partial charge is 0.383 e. The average Bonchev–Trinajstić information content (AvgIpc) is 2.47. The van der Waals surface area contributed by atoms with Crippen LogP contribution in [0.4, 0.5) is 17.8 Å². The lowest BCUT2D eigenvalue weighted by Crippen LogP contribution is -2.25. The highest BCUT2D eigenvalue weighted by molar-refractivity contribution is 5.43. The van der Waals surface area contributed by atoms with Gasteiger partial charge in [-0.15, -0.1) is 0 Å². The van der Waals surface area contributed by atoms with Crippen LogP contribution < -0.4 is 15.5 Å². The summed E-state index contributed by atoms with van der Waals surface area (Å²) in [6, 6.07) is 0. The van der Waals surface area contributed by atoms with Crippen molar-refractivity contribution in [1.29, 1.82) is 0 Å². The van der Waals surface area contributed by atoms with Gasteiger partial charge >= 0.3 is 0 Å². The van der Waals surface area contributed by atoms with E-state index >= 15 is 0 Å². The van der Waals surface area contributed by atoms with E-state index in [1.807, 2.05) is 0 Å². The third-order valence-corrected chi connectivity index (χ3v) is 2.79. The number of ether oxygens (including phenoxy) is 1. The third-order valence-electron chi connectivity index (χ3n) is 2.79. The lowest BCUT2D eigenvalue weighted by atomic mass is 10.5. The normalized spacial score (nSPS) is 10.4. The van der Waals surface area contributed by atoms with E-state index in [1.165, 1.54) is 0 Å². The molecule has 0 saturated carbocycles. The molecule has 0 aliphatic heterocycles. The smallest absolute Gasteiger partial charge is 0.231 e. The molecule has 0 unspecified atom stereocenters. The van der Waals surface area contributed by atoms with E-state index in [1.54, 1.807) is 7.11 Å². The molecule has 0 fully saturated rings. The summed E-state index contributed by atoms with van der Waals surface area (Å²) in [5.41, 5.74) is 0. The third kappa shape index (κ3) is 5.16. The van der Waals surface area contributed by atoms with Gasteiger partial charge in [-0.1, -0.05) is 6.92 Å². The zero-order valence-electron chi connectivity index (χ0n) is 12.9. The summed E-state index contributed by atoms with van der Waals surface area (Å²) in [5, 5.41) is 6.36. The van der Waals surface area contributed by atoms with Crippen LogP contribution in [0.25, 0.3) is 0 Å². The molecule has 20 heavy (non-hydrogen) atoms. The van der Waals surface area contributed by atoms with Gasteiger partial charge in [0.25, 0.3) is 0 Å². The van der Waals surface area contributed by atoms with E-state index in [2.05, 4.69) is 51.3 Å². The first-order chi connectivity index (χ1) is 9.74. The van der Waals surface area contributed by atoms with Crippen LogP contribution in [0.1, 0.15) is 27.2 Å². The van der Waals surface area contributed by atoms with E-state index in [0.717, 1.165) is 26.1 Å². The molecule has 1 aromatic heterocycles. The van der Waals surface area contributed by atoms with Crippen LogP contribution in [0, 0.1) is 0 Å². The van der Waals surface area contributed by atoms with Crippen molar-refractivity contribution in [3.8, 4) is 0 Å². The molecule has 7 nitrogen and oxygen atoms in total. The Kier molecular flexibility index (Phi) is 7.64. The van der Waals surface area contributed by atoms with E-state index in [0.29, 0.717) is 31.0 Å². The van der Waals surface area contributed by atoms with Crippen LogP contribution in [-0.4, -0.2) is 54.8 Å². The minimum atomic E-state index is 0.581. The molecule has 0 aliphatic carbocycles. The molecule has 7 heteroatoms. The summed E-state index contributed by atoms with van der Waals surface area (Å²) in [4.78, 5) is 15.4. The molecule has 0 amide bonds. The maximum absolute atomic E-state index is 5.02. The number of aromatic nitrogens is 3. The molecule has 0 saturated heterocycles. The van der Waals surface area contributed by atoms with Crippen LogP contribution in [0.15, 0.2) is 0 Å². The Morgan fingerprint density at radius 2 is 1.55 bits per heavy atom. The molecule has 0 atom stereocenters. The fourth-order valence-electron chi connectivity index (χ4n) is 1.67. The molecule has 1 heterocycles. The van der Waals surface area contributed by atoms with Crippen molar-refractivity contribution in [3.63, 3.8) is 0 Å². The summed E-state index contributed by atoms with van der Waals surface area (Å²) in [5.74, 6) is 1.89. The highest BCUT2D eigenvalue weighted by atomic mass is 16.5. The number of anilines is 3. The van der Waals surface area contributed by atoms with Crippen molar-refractivity contribution in [2.75, 3.05) is 55.4 Å². The number of nitrogens with one attached hydrogen (secondary N) is 2. The quantitative estimate of drug-likeness (QED) is 0.631. The molecule has 0 radical (unpaired) electrons. The van der Waals surface area contributed by atoms with E-state index in [-0.39, 0.29) is 0 Å². The van der Waals surface area contributed by atoms with Crippen LogP contribution in [0.3, 0.4) is 0 Å². The molecule has 114 valence electrons. The second-order valence-corrected chi connectivity index (χ2v) is 4.30. The minimum absolute atomic E-state index is 0.581. The maximum Gasteiger partial charge on any atom is 0.231 e. The van der Waals surface area contributed by atoms with Gasteiger partial charge in [-0.25, -0.2) is 0 Å². The number of rotatable bonds is 10. The zero-order chi connectivity index (χ0) is 14.8. The summed E-state index contributed by atoms with van der Waals surface area (Å²) in [6.07, 6.45) is 1.03. The van der Waals surface area contributed by atoms with E-state index in [4.69, 9.17) is 4.74 Å². The SMILES string of the molecule is CCCNc1nc(NCCOC)nc(N(CC)CC)n1.